The lowest BCUT2D eigenvalue weighted by atomic mass is 10.1. The van der Waals surface area contributed by atoms with Crippen LogP contribution in [0.25, 0.3) is 0 Å². The molecule has 2 aromatic rings. The van der Waals surface area contributed by atoms with Crippen LogP contribution in [0, 0.1) is 0 Å². The summed E-state index contributed by atoms with van der Waals surface area (Å²) in [5, 5.41) is 23.8. The molecule has 0 radical (unpaired) electrons. The second-order valence-corrected chi connectivity index (χ2v) is 5.57. The highest BCUT2D eigenvalue weighted by Gasteiger charge is 2.22. The van der Waals surface area contributed by atoms with E-state index in [9.17, 15) is 19.8 Å². The molecule has 0 fully saturated rings. The van der Waals surface area contributed by atoms with Crippen LogP contribution in [0.1, 0.15) is 27.2 Å². The van der Waals surface area contributed by atoms with Crippen LogP contribution in [0.4, 0.5) is 4.79 Å². The van der Waals surface area contributed by atoms with Crippen LogP contribution in [-0.4, -0.2) is 40.2 Å². The summed E-state index contributed by atoms with van der Waals surface area (Å²) >= 11 is 1.06. The largest absolute Gasteiger partial charge is 0.445 e. The van der Waals surface area contributed by atoms with Gasteiger partial charge in [0, 0.05) is 11.9 Å². The van der Waals surface area contributed by atoms with Crippen molar-refractivity contribution in [1.29, 1.82) is 0 Å². The van der Waals surface area contributed by atoms with Gasteiger partial charge in [0.1, 0.15) is 18.8 Å². The molecule has 1 amide bonds. The van der Waals surface area contributed by atoms with Gasteiger partial charge >= 0.3 is 6.09 Å². The number of hydrogen-bond acceptors (Lipinski definition) is 7. The van der Waals surface area contributed by atoms with Gasteiger partial charge < -0.3 is 20.3 Å². The summed E-state index contributed by atoms with van der Waals surface area (Å²) in [7, 11) is 0. The van der Waals surface area contributed by atoms with Gasteiger partial charge in [0.25, 0.3) is 0 Å². The summed E-state index contributed by atoms with van der Waals surface area (Å²) in [5.74, 6) is 0. The average Bonchev–Trinajstić information content (AvgIpc) is 3.07. The molecule has 1 aromatic heterocycles. The average molecular weight is 336 g/mol. The number of nitrogens with one attached hydrogen (secondary N) is 1. The van der Waals surface area contributed by atoms with E-state index in [0.29, 0.717) is 6.29 Å². The van der Waals surface area contributed by atoms with Gasteiger partial charge in [0.2, 0.25) is 0 Å². The SMILES string of the molecule is O=Cc1nc(C(O)C(O)CNC(=O)OCc2ccccc2)cs1. The summed E-state index contributed by atoms with van der Waals surface area (Å²) in [4.78, 5) is 25.9. The number of aliphatic hydroxyl groups is 2. The molecule has 8 heteroatoms. The number of hydrogen-bond donors (Lipinski definition) is 3. The van der Waals surface area contributed by atoms with Crippen molar-refractivity contribution in [3.05, 3.63) is 52.0 Å². The molecule has 0 saturated carbocycles. The van der Waals surface area contributed by atoms with Gasteiger partial charge in [0.05, 0.1) is 5.69 Å². The van der Waals surface area contributed by atoms with E-state index >= 15 is 0 Å². The highest BCUT2D eigenvalue weighted by Crippen LogP contribution is 2.18. The number of carbonyl (C=O) groups excluding carboxylic acids is 2. The Kier molecular flexibility index (Phi) is 6.21. The van der Waals surface area contributed by atoms with E-state index in [1.165, 1.54) is 5.38 Å². The number of thiazole rings is 1. The molecule has 2 rings (SSSR count). The smallest absolute Gasteiger partial charge is 0.407 e. The number of aliphatic hydroxyl groups excluding tert-OH is 2. The molecular weight excluding hydrogens is 320 g/mol. The number of carbonyl (C=O) groups is 2. The van der Waals surface area contributed by atoms with Gasteiger partial charge in [-0.3, -0.25) is 4.79 Å². The van der Waals surface area contributed by atoms with E-state index in [0.717, 1.165) is 16.9 Å². The van der Waals surface area contributed by atoms with E-state index < -0.39 is 18.3 Å². The molecule has 0 aliphatic rings. The van der Waals surface area contributed by atoms with E-state index in [4.69, 9.17) is 4.74 Å². The zero-order valence-corrected chi connectivity index (χ0v) is 12.9. The Morgan fingerprint density at radius 1 is 1.35 bits per heavy atom. The molecule has 23 heavy (non-hydrogen) atoms. The Balaban J connectivity index is 1.75. The third-order valence-electron chi connectivity index (χ3n) is 2.98. The van der Waals surface area contributed by atoms with Crippen LogP contribution in [-0.2, 0) is 11.3 Å². The molecule has 122 valence electrons. The molecule has 3 N–H and O–H groups in total. The van der Waals surface area contributed by atoms with Crippen LogP contribution in [0.3, 0.4) is 0 Å². The van der Waals surface area contributed by atoms with Crippen LogP contribution in [0.2, 0.25) is 0 Å². The quantitative estimate of drug-likeness (QED) is 0.657. The molecule has 0 bridgehead atoms. The number of rotatable bonds is 7. The zero-order valence-electron chi connectivity index (χ0n) is 12.1. The molecular formula is C15H16N2O5S. The Morgan fingerprint density at radius 3 is 2.74 bits per heavy atom. The number of aldehydes is 1. The standard InChI is InChI=1S/C15H16N2O5S/c18-7-13-17-11(9-23-13)14(20)12(19)6-16-15(21)22-8-10-4-2-1-3-5-10/h1-5,7,9,12,14,19-20H,6,8H2,(H,16,21). The second kappa shape index (κ2) is 8.37. The molecule has 0 aliphatic heterocycles. The molecule has 1 heterocycles. The first-order valence-corrected chi connectivity index (χ1v) is 7.69. The van der Waals surface area contributed by atoms with Gasteiger partial charge in [-0.1, -0.05) is 30.3 Å². The van der Waals surface area contributed by atoms with Crippen LogP contribution < -0.4 is 5.32 Å². The van der Waals surface area contributed by atoms with Gasteiger partial charge in [0.15, 0.2) is 11.3 Å². The third kappa shape index (κ3) is 5.13. The minimum Gasteiger partial charge on any atom is -0.445 e. The van der Waals surface area contributed by atoms with E-state index in [1.54, 1.807) is 0 Å². The van der Waals surface area contributed by atoms with Gasteiger partial charge in [-0.2, -0.15) is 0 Å². The lowest BCUT2D eigenvalue weighted by Gasteiger charge is -2.16. The number of nitrogens with zero attached hydrogens (tertiary/aromatic N) is 1. The summed E-state index contributed by atoms with van der Waals surface area (Å²) < 4.78 is 4.98. The van der Waals surface area contributed by atoms with Crippen molar-refractivity contribution in [3.8, 4) is 0 Å². The Bertz CT molecular complexity index is 646. The lowest BCUT2D eigenvalue weighted by Crippen LogP contribution is -2.35. The minimum atomic E-state index is -1.30. The van der Waals surface area contributed by atoms with Crippen molar-refractivity contribution >= 4 is 23.7 Å². The van der Waals surface area contributed by atoms with Crippen molar-refractivity contribution in [1.82, 2.24) is 10.3 Å². The van der Waals surface area contributed by atoms with Crippen LogP contribution >= 0.6 is 11.3 Å². The maximum absolute atomic E-state index is 11.5. The number of aromatic nitrogens is 1. The first-order chi connectivity index (χ1) is 11.1. The molecule has 2 unspecified atom stereocenters. The third-order valence-corrected chi connectivity index (χ3v) is 3.76. The van der Waals surface area contributed by atoms with Crippen molar-refractivity contribution in [3.63, 3.8) is 0 Å². The first kappa shape index (κ1) is 17.1. The van der Waals surface area contributed by atoms with Gasteiger partial charge in [-0.05, 0) is 5.56 Å². The fourth-order valence-corrected chi connectivity index (χ4v) is 2.41. The van der Waals surface area contributed by atoms with Gasteiger partial charge in [-0.25, -0.2) is 9.78 Å². The van der Waals surface area contributed by atoms with Crippen LogP contribution in [0.15, 0.2) is 35.7 Å². The summed E-state index contributed by atoms with van der Waals surface area (Å²) in [6.07, 6.45) is -2.70. The Hall–Kier alpha value is -2.29. The number of benzene rings is 1. The molecule has 2 atom stereocenters. The number of amides is 1. The predicted molar refractivity (Wildman–Crippen MR) is 83.1 cm³/mol. The topological polar surface area (TPSA) is 109 Å². The Morgan fingerprint density at radius 2 is 2.09 bits per heavy atom. The van der Waals surface area contributed by atoms with E-state index in [-0.39, 0.29) is 23.9 Å². The first-order valence-electron chi connectivity index (χ1n) is 6.81. The maximum atomic E-state index is 11.5. The Labute approximate surface area is 136 Å². The normalized spacial score (nSPS) is 13.1. The lowest BCUT2D eigenvalue weighted by molar-refractivity contribution is 0.0162. The molecule has 0 spiro atoms. The molecule has 1 aromatic carbocycles. The summed E-state index contributed by atoms with van der Waals surface area (Å²) in [6.45, 7) is -0.0944. The zero-order chi connectivity index (χ0) is 16.7. The van der Waals surface area contributed by atoms with E-state index in [2.05, 4.69) is 10.3 Å². The van der Waals surface area contributed by atoms with Crippen molar-refractivity contribution in [2.45, 2.75) is 18.8 Å². The maximum Gasteiger partial charge on any atom is 0.407 e. The molecule has 0 saturated heterocycles. The van der Waals surface area contributed by atoms with E-state index in [1.807, 2.05) is 30.3 Å². The van der Waals surface area contributed by atoms with Gasteiger partial charge in [-0.15, -0.1) is 11.3 Å². The molecule has 0 aliphatic carbocycles. The van der Waals surface area contributed by atoms with Crippen LogP contribution in [0.5, 0.6) is 0 Å². The predicted octanol–water partition coefficient (Wildman–Crippen LogP) is 1.28. The number of alkyl carbamates (subject to hydrolysis) is 1. The van der Waals surface area contributed by atoms with Crippen molar-refractivity contribution in [2.24, 2.45) is 0 Å². The fourth-order valence-electron chi connectivity index (χ4n) is 1.76. The van der Waals surface area contributed by atoms with Crippen molar-refractivity contribution in [2.75, 3.05) is 6.54 Å². The second-order valence-electron chi connectivity index (χ2n) is 4.68. The number of ether oxygens (including phenoxy) is 1. The highest BCUT2D eigenvalue weighted by molar-refractivity contribution is 7.11. The summed E-state index contributed by atoms with van der Waals surface area (Å²) in [6, 6.07) is 9.16. The summed E-state index contributed by atoms with van der Waals surface area (Å²) in [5.41, 5.74) is 1.02. The fraction of sp³-hybridized carbons (Fsp3) is 0.267. The monoisotopic (exact) mass is 336 g/mol. The molecule has 7 nitrogen and oxygen atoms in total. The highest BCUT2D eigenvalue weighted by atomic mass is 32.1. The minimum absolute atomic E-state index is 0.111. The van der Waals surface area contributed by atoms with Crippen molar-refractivity contribution < 1.29 is 24.5 Å².